The maximum Gasteiger partial charge on any atom is 0.268 e. The normalized spacial score (nSPS) is 15.4. The van der Waals surface area contributed by atoms with Gasteiger partial charge < -0.3 is 5.32 Å². The van der Waals surface area contributed by atoms with Crippen LogP contribution in [0.2, 0.25) is 0 Å². The maximum atomic E-state index is 13.7. The van der Waals surface area contributed by atoms with Crippen molar-refractivity contribution in [2.45, 2.75) is 65.8 Å². The second-order valence-electron chi connectivity index (χ2n) is 10.0. The highest BCUT2D eigenvalue weighted by atomic mass is 16.5. The Balaban J connectivity index is 2.43. The van der Waals surface area contributed by atoms with E-state index in [0.29, 0.717) is 31.7 Å². The van der Waals surface area contributed by atoms with E-state index in [1.165, 1.54) is 10.0 Å². The molecule has 0 unspecified atom stereocenters. The maximum absolute atomic E-state index is 13.7. The summed E-state index contributed by atoms with van der Waals surface area (Å²) in [6.07, 6.45) is 6.06. The lowest BCUT2D eigenvalue weighted by Crippen LogP contribution is -2.61. The number of hydrogen-bond acceptors (Lipinski definition) is 5. The van der Waals surface area contributed by atoms with Crippen LogP contribution >= 0.6 is 0 Å². The number of rotatable bonds is 11. The van der Waals surface area contributed by atoms with Crippen LogP contribution in [0.5, 0.6) is 0 Å². The Morgan fingerprint density at radius 3 is 2.31 bits per heavy atom. The molecule has 1 aliphatic rings. The van der Waals surface area contributed by atoms with Crippen LogP contribution in [0.4, 0.5) is 0 Å². The minimum Gasteiger partial charge on any atom is -0.317 e. The second-order valence-corrected chi connectivity index (χ2v) is 10.0. The summed E-state index contributed by atoms with van der Waals surface area (Å²) < 4.78 is 0. The zero-order chi connectivity index (χ0) is 25.8. The molecule has 1 fully saturated rings. The largest absolute Gasteiger partial charge is 0.317 e. The van der Waals surface area contributed by atoms with E-state index in [4.69, 9.17) is 0 Å². The van der Waals surface area contributed by atoms with Gasteiger partial charge in [-0.05, 0) is 56.2 Å². The third kappa shape index (κ3) is 9.11. The van der Waals surface area contributed by atoms with Crippen molar-refractivity contribution in [3.63, 3.8) is 0 Å². The highest BCUT2D eigenvalue weighted by Crippen LogP contribution is 2.23. The molecule has 0 spiro atoms. The second kappa shape index (κ2) is 14.6. The van der Waals surface area contributed by atoms with Gasteiger partial charge in [0.25, 0.3) is 5.91 Å². The monoisotopic (exact) mass is 486 g/mol. The zero-order valence-electron chi connectivity index (χ0n) is 21.6. The van der Waals surface area contributed by atoms with Gasteiger partial charge in [0.1, 0.15) is 6.04 Å². The summed E-state index contributed by atoms with van der Waals surface area (Å²) in [5.74, 6) is -0.980. The number of nitrogens with one attached hydrogen (secondary N) is 2. The molecule has 1 aromatic carbocycles. The molecule has 8 heteroatoms. The SMILES string of the molecule is CC(C)CCC(=O)N([C@@H](CC=Cc1ccccc1)C(=O)NO)N(CC(C)C)C(=O)C1CCNCC1. The van der Waals surface area contributed by atoms with Gasteiger partial charge in [0.2, 0.25) is 11.8 Å². The number of hydrazine groups is 1. The number of nitrogens with zero attached hydrogens (tertiary/aromatic N) is 2. The van der Waals surface area contributed by atoms with Crippen molar-refractivity contribution in [2.24, 2.45) is 17.8 Å². The third-order valence-corrected chi connectivity index (χ3v) is 6.11. The molecule has 0 saturated carbocycles. The molecule has 0 aliphatic carbocycles. The fraction of sp³-hybridized carbons (Fsp3) is 0.593. The Bertz CT molecular complexity index is 835. The van der Waals surface area contributed by atoms with Crippen molar-refractivity contribution in [2.75, 3.05) is 19.6 Å². The Kier molecular flexibility index (Phi) is 11.9. The van der Waals surface area contributed by atoms with Gasteiger partial charge in [-0.15, -0.1) is 0 Å². The first-order chi connectivity index (χ1) is 16.7. The molecule has 1 atom stereocenters. The van der Waals surface area contributed by atoms with Crippen molar-refractivity contribution in [1.29, 1.82) is 0 Å². The van der Waals surface area contributed by atoms with Crippen molar-refractivity contribution in [3.8, 4) is 0 Å². The van der Waals surface area contributed by atoms with Gasteiger partial charge in [-0.25, -0.2) is 10.5 Å². The molecule has 0 radical (unpaired) electrons. The van der Waals surface area contributed by atoms with Gasteiger partial charge in [0.05, 0.1) is 0 Å². The van der Waals surface area contributed by atoms with Crippen LogP contribution in [-0.2, 0) is 14.4 Å². The Morgan fingerprint density at radius 1 is 1.09 bits per heavy atom. The van der Waals surface area contributed by atoms with Crippen molar-refractivity contribution < 1.29 is 19.6 Å². The van der Waals surface area contributed by atoms with Crippen LogP contribution in [0.3, 0.4) is 0 Å². The van der Waals surface area contributed by atoms with E-state index in [1.807, 2.05) is 64.1 Å². The summed E-state index contributed by atoms with van der Waals surface area (Å²) in [6.45, 7) is 9.83. The Morgan fingerprint density at radius 2 is 1.74 bits per heavy atom. The van der Waals surface area contributed by atoms with Crippen LogP contribution in [-0.4, -0.2) is 58.6 Å². The van der Waals surface area contributed by atoms with Gasteiger partial charge in [0, 0.05) is 18.9 Å². The first-order valence-electron chi connectivity index (χ1n) is 12.7. The topological polar surface area (TPSA) is 102 Å². The standard InChI is InChI=1S/C27H42N4O4/c1-20(2)13-14-25(32)31(30(19-21(3)4)27(34)23-15-17-28-18-16-23)24(26(33)29-35)12-8-11-22-9-6-5-7-10-22/h5-11,20-21,23-24,28,35H,12-19H2,1-4H3,(H,29,33)/t24-/m0/s1. The molecule has 35 heavy (non-hydrogen) atoms. The predicted octanol–water partition coefficient (Wildman–Crippen LogP) is 3.63. The van der Waals surface area contributed by atoms with E-state index >= 15 is 0 Å². The van der Waals surface area contributed by atoms with Crippen LogP contribution < -0.4 is 10.8 Å². The van der Waals surface area contributed by atoms with E-state index in [9.17, 15) is 19.6 Å². The van der Waals surface area contributed by atoms with Crippen molar-refractivity contribution >= 4 is 23.8 Å². The summed E-state index contributed by atoms with van der Waals surface area (Å²) in [5.41, 5.74) is 2.68. The molecule has 8 nitrogen and oxygen atoms in total. The molecule has 0 aromatic heterocycles. The van der Waals surface area contributed by atoms with Gasteiger partial charge in [0.15, 0.2) is 0 Å². The Labute approximate surface area is 209 Å². The predicted molar refractivity (Wildman–Crippen MR) is 137 cm³/mol. The molecule has 0 bridgehead atoms. The van der Waals surface area contributed by atoms with E-state index in [1.54, 1.807) is 11.6 Å². The summed E-state index contributed by atoms with van der Waals surface area (Å²) >= 11 is 0. The van der Waals surface area contributed by atoms with Crippen LogP contribution in [0.1, 0.15) is 65.4 Å². The van der Waals surface area contributed by atoms with Gasteiger partial charge in [-0.2, -0.15) is 0 Å². The quantitative estimate of drug-likeness (QED) is 0.328. The van der Waals surface area contributed by atoms with Gasteiger partial charge in [-0.3, -0.25) is 24.6 Å². The number of benzene rings is 1. The molecule has 3 N–H and O–H groups in total. The molecule has 2 rings (SSSR count). The smallest absolute Gasteiger partial charge is 0.268 e. The van der Waals surface area contributed by atoms with E-state index < -0.39 is 11.9 Å². The lowest BCUT2D eigenvalue weighted by atomic mass is 9.96. The molecule has 1 aliphatic heterocycles. The summed E-state index contributed by atoms with van der Waals surface area (Å²) in [7, 11) is 0. The molecule has 1 aromatic rings. The zero-order valence-corrected chi connectivity index (χ0v) is 21.6. The number of hydroxylamine groups is 1. The lowest BCUT2D eigenvalue weighted by Gasteiger charge is -2.42. The number of hydrogen-bond donors (Lipinski definition) is 3. The fourth-order valence-electron chi connectivity index (χ4n) is 4.20. The van der Waals surface area contributed by atoms with Crippen LogP contribution in [0, 0.1) is 17.8 Å². The van der Waals surface area contributed by atoms with Crippen molar-refractivity contribution in [3.05, 3.63) is 42.0 Å². The first-order valence-corrected chi connectivity index (χ1v) is 12.7. The highest BCUT2D eigenvalue weighted by Gasteiger charge is 2.38. The minimum atomic E-state index is -1.05. The molecule has 194 valence electrons. The van der Waals surface area contributed by atoms with E-state index in [0.717, 1.165) is 18.7 Å². The van der Waals surface area contributed by atoms with E-state index in [-0.39, 0.29) is 36.5 Å². The summed E-state index contributed by atoms with van der Waals surface area (Å²) in [5, 5.41) is 15.6. The Hall–Kier alpha value is -2.71. The average molecular weight is 487 g/mol. The van der Waals surface area contributed by atoms with Gasteiger partial charge in [-0.1, -0.05) is 70.2 Å². The van der Waals surface area contributed by atoms with E-state index in [2.05, 4.69) is 5.32 Å². The number of amides is 3. The highest BCUT2D eigenvalue weighted by molar-refractivity contribution is 5.90. The number of piperidine rings is 1. The first kappa shape index (κ1) is 28.5. The van der Waals surface area contributed by atoms with Crippen LogP contribution in [0.25, 0.3) is 6.08 Å². The molecular formula is C27H42N4O4. The molecule has 3 amide bonds. The van der Waals surface area contributed by atoms with Gasteiger partial charge >= 0.3 is 0 Å². The lowest BCUT2D eigenvalue weighted by molar-refractivity contribution is -0.178. The molecule has 1 heterocycles. The average Bonchev–Trinajstić information content (AvgIpc) is 2.86. The van der Waals surface area contributed by atoms with Crippen LogP contribution in [0.15, 0.2) is 36.4 Å². The summed E-state index contributed by atoms with van der Waals surface area (Å²) in [4.78, 5) is 40.2. The van der Waals surface area contributed by atoms with Crippen molar-refractivity contribution in [1.82, 2.24) is 20.8 Å². The number of carbonyl (C=O) groups excluding carboxylic acids is 3. The molecular weight excluding hydrogens is 444 g/mol. The molecule has 1 saturated heterocycles. The fourth-order valence-corrected chi connectivity index (χ4v) is 4.20. The number of carbonyl (C=O) groups is 3. The summed E-state index contributed by atoms with van der Waals surface area (Å²) in [6, 6.07) is 8.58. The third-order valence-electron chi connectivity index (χ3n) is 6.11. The minimum absolute atomic E-state index is 0.0822.